The summed E-state index contributed by atoms with van der Waals surface area (Å²) in [6.07, 6.45) is -4.83. The van der Waals surface area contributed by atoms with Crippen LogP contribution in [0.2, 0.25) is 0 Å². The molecule has 14 heavy (non-hydrogen) atoms. The first kappa shape index (κ1) is 12.9. The molecular weight excluding hydrogens is 192 g/mol. The highest BCUT2D eigenvalue weighted by molar-refractivity contribution is 5.79. The molecule has 3 atom stereocenters. The molecule has 0 saturated carbocycles. The predicted octanol–water partition coefficient (Wildman–Crippen LogP) is -1.08. The van der Waals surface area contributed by atoms with Gasteiger partial charge in [-0.3, -0.25) is 4.79 Å². The predicted molar refractivity (Wildman–Crippen MR) is 46.7 cm³/mol. The maximum absolute atomic E-state index is 10.8. The minimum Gasteiger partial charge on any atom is -0.367 e. The van der Waals surface area contributed by atoms with Crippen LogP contribution in [0.3, 0.4) is 0 Å². The molecule has 0 fully saturated rings. The largest absolute Gasteiger partial charge is 0.367 e. The number of rotatable bonds is 6. The molecule has 0 rings (SSSR count). The Morgan fingerprint density at radius 1 is 1.43 bits per heavy atom. The standard InChI is InChI=1S/C7H14N2O5/c1-3(2)4(5(8)10)14-7(12)6(11)9-13/h3-4,6-7,11-12H,1-2H3,(H2,8,10)/t4?,6-,7?/m0/s1. The van der Waals surface area contributed by atoms with E-state index < -0.39 is 24.5 Å². The van der Waals surface area contributed by atoms with Gasteiger partial charge in [-0.15, -0.1) is 4.91 Å². The summed E-state index contributed by atoms with van der Waals surface area (Å²) in [6, 6.07) is 0. The van der Waals surface area contributed by atoms with Gasteiger partial charge < -0.3 is 20.7 Å². The quantitative estimate of drug-likeness (QED) is 0.376. The zero-order valence-electron chi connectivity index (χ0n) is 7.95. The number of nitroso groups, excluding NO2 is 1. The number of carbonyl (C=O) groups excluding carboxylic acids is 1. The van der Waals surface area contributed by atoms with Gasteiger partial charge in [0, 0.05) is 0 Å². The van der Waals surface area contributed by atoms with Gasteiger partial charge in [0.15, 0.2) is 0 Å². The Labute approximate surface area is 80.8 Å². The number of nitrogens with two attached hydrogens (primary N) is 1. The Kier molecular flexibility index (Phi) is 5.21. The van der Waals surface area contributed by atoms with Gasteiger partial charge >= 0.3 is 0 Å². The maximum Gasteiger partial charge on any atom is 0.246 e. The molecule has 0 bridgehead atoms. The second kappa shape index (κ2) is 5.63. The lowest BCUT2D eigenvalue weighted by molar-refractivity contribution is -0.196. The summed E-state index contributed by atoms with van der Waals surface area (Å²) in [5, 5.41) is 19.9. The fraction of sp³-hybridized carbons (Fsp3) is 0.857. The van der Waals surface area contributed by atoms with Crippen LogP contribution in [0.25, 0.3) is 0 Å². The lowest BCUT2D eigenvalue weighted by Gasteiger charge is -2.22. The smallest absolute Gasteiger partial charge is 0.246 e. The van der Waals surface area contributed by atoms with Crippen molar-refractivity contribution in [2.24, 2.45) is 16.8 Å². The van der Waals surface area contributed by atoms with Crippen molar-refractivity contribution in [3.63, 3.8) is 0 Å². The molecule has 82 valence electrons. The molecular formula is C7H14N2O5. The Morgan fingerprint density at radius 3 is 2.21 bits per heavy atom. The SMILES string of the molecule is CC(C)C(OC(O)[C@H](O)N=O)C(N)=O. The fourth-order valence-corrected chi connectivity index (χ4v) is 0.825. The van der Waals surface area contributed by atoms with Crippen molar-refractivity contribution in [1.82, 2.24) is 0 Å². The lowest BCUT2D eigenvalue weighted by Crippen LogP contribution is -2.41. The molecule has 1 amide bonds. The third-order valence-electron chi connectivity index (χ3n) is 1.54. The van der Waals surface area contributed by atoms with E-state index in [0.29, 0.717) is 0 Å². The van der Waals surface area contributed by atoms with E-state index >= 15 is 0 Å². The van der Waals surface area contributed by atoms with Gasteiger partial charge in [-0.25, -0.2) is 0 Å². The molecule has 0 aromatic rings. The van der Waals surface area contributed by atoms with Crippen molar-refractivity contribution in [3.8, 4) is 0 Å². The third kappa shape index (κ3) is 3.77. The van der Waals surface area contributed by atoms with E-state index in [1.807, 2.05) is 0 Å². The van der Waals surface area contributed by atoms with Crippen LogP contribution in [0.15, 0.2) is 5.18 Å². The van der Waals surface area contributed by atoms with Gasteiger partial charge in [-0.2, -0.15) is 0 Å². The van der Waals surface area contributed by atoms with Gasteiger partial charge in [-0.05, 0) is 11.1 Å². The second-order valence-electron chi connectivity index (χ2n) is 3.11. The Bertz CT molecular complexity index is 208. The van der Waals surface area contributed by atoms with Gasteiger partial charge in [0.1, 0.15) is 6.10 Å². The van der Waals surface area contributed by atoms with Gasteiger partial charge in [0.25, 0.3) is 0 Å². The molecule has 0 radical (unpaired) electrons. The molecule has 2 unspecified atom stereocenters. The van der Waals surface area contributed by atoms with Crippen LogP contribution in [-0.2, 0) is 9.53 Å². The number of amides is 1. The number of carbonyl (C=O) groups is 1. The van der Waals surface area contributed by atoms with E-state index in [2.05, 4.69) is 9.91 Å². The zero-order valence-corrected chi connectivity index (χ0v) is 7.95. The van der Waals surface area contributed by atoms with E-state index in [-0.39, 0.29) is 5.92 Å². The molecule has 0 aliphatic carbocycles. The molecule has 7 heteroatoms. The summed E-state index contributed by atoms with van der Waals surface area (Å²) in [6.45, 7) is 3.28. The minimum absolute atomic E-state index is 0.277. The number of primary amides is 1. The Balaban J connectivity index is 4.30. The van der Waals surface area contributed by atoms with Gasteiger partial charge in [-0.1, -0.05) is 13.8 Å². The van der Waals surface area contributed by atoms with Crippen molar-refractivity contribution < 1.29 is 19.7 Å². The van der Waals surface area contributed by atoms with Crippen molar-refractivity contribution in [2.45, 2.75) is 32.5 Å². The monoisotopic (exact) mass is 206 g/mol. The topological polar surface area (TPSA) is 122 Å². The number of nitrogens with zero attached hydrogens (tertiary/aromatic N) is 1. The molecule has 0 heterocycles. The molecule has 0 aliphatic rings. The molecule has 7 nitrogen and oxygen atoms in total. The number of aliphatic hydroxyl groups excluding tert-OH is 2. The summed E-state index contributed by atoms with van der Waals surface area (Å²) in [7, 11) is 0. The lowest BCUT2D eigenvalue weighted by atomic mass is 10.1. The van der Waals surface area contributed by atoms with Crippen LogP contribution in [0.1, 0.15) is 13.8 Å². The van der Waals surface area contributed by atoms with Crippen molar-refractivity contribution in [1.29, 1.82) is 0 Å². The molecule has 0 saturated heterocycles. The molecule has 0 aromatic heterocycles. The highest BCUT2D eigenvalue weighted by Crippen LogP contribution is 2.10. The summed E-state index contributed by atoms with van der Waals surface area (Å²) in [4.78, 5) is 20.6. The first-order valence-corrected chi connectivity index (χ1v) is 4.03. The summed E-state index contributed by atoms with van der Waals surface area (Å²) in [5.41, 5.74) is 4.96. The highest BCUT2D eigenvalue weighted by atomic mass is 16.6. The first-order chi connectivity index (χ1) is 6.40. The van der Waals surface area contributed by atoms with Crippen LogP contribution in [0.4, 0.5) is 0 Å². The van der Waals surface area contributed by atoms with Crippen molar-refractivity contribution >= 4 is 5.91 Å². The van der Waals surface area contributed by atoms with E-state index in [1.165, 1.54) is 0 Å². The maximum atomic E-state index is 10.8. The van der Waals surface area contributed by atoms with Gasteiger partial charge in [0.2, 0.25) is 18.4 Å². The van der Waals surface area contributed by atoms with Crippen molar-refractivity contribution in [3.05, 3.63) is 4.91 Å². The second-order valence-corrected chi connectivity index (χ2v) is 3.11. The molecule has 4 N–H and O–H groups in total. The van der Waals surface area contributed by atoms with Crippen molar-refractivity contribution in [2.75, 3.05) is 0 Å². The average molecular weight is 206 g/mol. The van der Waals surface area contributed by atoms with Crippen LogP contribution >= 0.6 is 0 Å². The van der Waals surface area contributed by atoms with E-state index in [4.69, 9.17) is 15.9 Å². The zero-order chi connectivity index (χ0) is 11.3. The number of aliphatic hydroxyl groups is 2. The van der Waals surface area contributed by atoms with Crippen LogP contribution in [0.5, 0.6) is 0 Å². The summed E-state index contributed by atoms with van der Waals surface area (Å²) < 4.78 is 4.66. The summed E-state index contributed by atoms with van der Waals surface area (Å²) in [5.74, 6) is -1.06. The fourth-order valence-electron chi connectivity index (χ4n) is 0.825. The Morgan fingerprint density at radius 2 is 1.93 bits per heavy atom. The number of hydrogen-bond acceptors (Lipinski definition) is 6. The number of hydrogen-bond donors (Lipinski definition) is 3. The summed E-state index contributed by atoms with van der Waals surface area (Å²) >= 11 is 0. The minimum atomic E-state index is -1.92. The number of ether oxygens (including phenoxy) is 1. The van der Waals surface area contributed by atoms with E-state index in [1.54, 1.807) is 13.8 Å². The van der Waals surface area contributed by atoms with Crippen LogP contribution in [0, 0.1) is 10.8 Å². The normalized spacial score (nSPS) is 17.5. The molecule has 0 aliphatic heterocycles. The Hall–Kier alpha value is -1.05. The first-order valence-electron chi connectivity index (χ1n) is 4.03. The van der Waals surface area contributed by atoms with Crippen LogP contribution in [-0.4, -0.2) is 34.7 Å². The molecule has 0 spiro atoms. The van der Waals surface area contributed by atoms with E-state index in [0.717, 1.165) is 0 Å². The molecule has 0 aromatic carbocycles. The highest BCUT2D eigenvalue weighted by Gasteiger charge is 2.27. The van der Waals surface area contributed by atoms with Gasteiger partial charge in [0.05, 0.1) is 0 Å². The van der Waals surface area contributed by atoms with E-state index in [9.17, 15) is 9.70 Å². The third-order valence-corrected chi connectivity index (χ3v) is 1.54. The van der Waals surface area contributed by atoms with Crippen LogP contribution < -0.4 is 5.73 Å². The average Bonchev–Trinajstić information content (AvgIpc) is 2.11.